The normalized spacial score (nSPS) is 14.0. The number of ketones is 2. The Hall–Kier alpha value is -7.11. The van der Waals surface area contributed by atoms with Crippen LogP contribution in [0.5, 0.6) is 17.2 Å². The highest BCUT2D eigenvalue weighted by Crippen LogP contribution is 2.46. The van der Waals surface area contributed by atoms with Gasteiger partial charge in [0.15, 0.2) is 0 Å². The number of rotatable bonds is 11. The first kappa shape index (κ1) is 44.9. The summed E-state index contributed by atoms with van der Waals surface area (Å²) in [6.45, 7) is 9.91. The fraction of sp³-hybridized carbons (Fsp3) is 0.156. The van der Waals surface area contributed by atoms with Gasteiger partial charge in [-0.2, -0.15) is 34.8 Å². The SMILES string of the molecule is Cc1cc(C(c2ccccc2OS(=O)(=O)O)c2cc(C)c(OS(=O)(=O)c3cccc4c3C=CC(=[N+]=[N-])C4=O)c(C)c2C)c(C)c(C)c1OS(=O)(=O)c1cccc2c1C=CC(=[N+]=[N-])C2=O. The first-order valence-corrected chi connectivity index (χ1v) is 23.3. The monoisotopic (exact) mass is 920 g/mol. The lowest BCUT2D eigenvalue weighted by atomic mass is 9.78. The number of nitrogens with zero attached hydrogens (tertiary/aromatic N) is 4. The topological polar surface area (TPSA) is 257 Å². The summed E-state index contributed by atoms with van der Waals surface area (Å²) >= 11 is 0. The molecular weight excluding hydrogens is 885 g/mol. The number of hydrogen-bond acceptors (Lipinski definition) is 11. The Morgan fingerprint density at radius 1 is 0.531 bits per heavy atom. The molecule has 0 aliphatic heterocycles. The second-order valence-corrected chi connectivity index (χ2v) is 19.1. The Labute approximate surface area is 368 Å². The van der Waals surface area contributed by atoms with Crippen LogP contribution in [0.1, 0.15) is 87.8 Å². The first-order valence-electron chi connectivity index (χ1n) is 19.1. The van der Waals surface area contributed by atoms with Gasteiger partial charge in [-0.15, -0.1) is 0 Å². The molecule has 0 atom stereocenters. The Morgan fingerprint density at radius 2 is 0.953 bits per heavy atom. The van der Waals surface area contributed by atoms with E-state index in [1.165, 1.54) is 72.8 Å². The number of benzene rings is 5. The maximum atomic E-state index is 14.0. The molecule has 2 aliphatic carbocycles. The summed E-state index contributed by atoms with van der Waals surface area (Å²) in [7, 11) is -14.3. The fourth-order valence-electron chi connectivity index (χ4n) is 7.93. The molecule has 0 heterocycles. The van der Waals surface area contributed by atoms with Crippen LogP contribution in [0.4, 0.5) is 0 Å². The molecule has 0 saturated heterocycles. The minimum absolute atomic E-state index is 0.0102. The minimum Gasteiger partial charge on any atom is -0.378 e. The minimum atomic E-state index is -5.05. The van der Waals surface area contributed by atoms with Gasteiger partial charge in [0.1, 0.15) is 27.0 Å². The Bertz CT molecular complexity index is 3250. The van der Waals surface area contributed by atoms with Gasteiger partial charge in [0, 0.05) is 45.9 Å². The van der Waals surface area contributed by atoms with E-state index < -0.39 is 48.1 Å². The van der Waals surface area contributed by atoms with Gasteiger partial charge in [-0.25, -0.2) is 0 Å². The van der Waals surface area contributed by atoms with E-state index in [9.17, 15) is 50.5 Å². The summed E-state index contributed by atoms with van der Waals surface area (Å²) < 4.78 is 107. The van der Waals surface area contributed by atoms with E-state index in [2.05, 4.69) is 9.58 Å². The zero-order valence-corrected chi connectivity index (χ0v) is 37.2. The van der Waals surface area contributed by atoms with E-state index in [0.717, 1.165) is 0 Å². The highest BCUT2D eigenvalue weighted by atomic mass is 32.3. The average molecular weight is 921 g/mol. The van der Waals surface area contributed by atoms with Crippen molar-refractivity contribution >= 4 is 65.8 Å². The molecule has 0 saturated carbocycles. The smallest absolute Gasteiger partial charge is 0.378 e. The number of carbonyl (C=O) groups is 2. The van der Waals surface area contributed by atoms with Crippen molar-refractivity contribution in [3.05, 3.63) is 168 Å². The summed E-state index contributed by atoms with van der Waals surface area (Å²) in [5.41, 5.74) is 21.7. The van der Waals surface area contributed by atoms with Crippen LogP contribution in [0.3, 0.4) is 0 Å². The van der Waals surface area contributed by atoms with E-state index in [1.54, 1.807) is 65.8 Å². The molecule has 0 spiro atoms. The van der Waals surface area contributed by atoms with Crippen LogP contribution >= 0.6 is 0 Å². The van der Waals surface area contributed by atoms with Crippen LogP contribution in [0.25, 0.3) is 23.2 Å². The summed E-state index contributed by atoms with van der Waals surface area (Å²) in [5.74, 6) is -2.59. The molecule has 7 rings (SSSR count). The summed E-state index contributed by atoms with van der Waals surface area (Å²) in [5, 5.41) is 0. The molecule has 2 aliphatic rings. The van der Waals surface area contributed by atoms with Gasteiger partial charge in [0.05, 0.1) is 0 Å². The Balaban J connectivity index is 1.36. The van der Waals surface area contributed by atoms with Crippen LogP contribution in [0, 0.1) is 41.5 Å². The van der Waals surface area contributed by atoms with Crippen molar-refractivity contribution in [1.29, 1.82) is 0 Å². The molecule has 5 aromatic rings. The summed E-state index contributed by atoms with van der Waals surface area (Å²) in [4.78, 5) is 31.0. The molecule has 0 aromatic heterocycles. The predicted octanol–water partition coefficient (Wildman–Crippen LogP) is 7.19. The van der Waals surface area contributed by atoms with Crippen LogP contribution in [0.15, 0.2) is 94.7 Å². The zero-order chi connectivity index (χ0) is 46.6. The van der Waals surface area contributed by atoms with E-state index in [4.69, 9.17) is 12.5 Å². The van der Waals surface area contributed by atoms with Crippen molar-refractivity contribution in [3.8, 4) is 17.2 Å². The first-order chi connectivity index (χ1) is 30.1. The predicted molar refractivity (Wildman–Crippen MR) is 233 cm³/mol. The Kier molecular flexibility index (Phi) is 11.6. The Morgan fingerprint density at radius 3 is 1.36 bits per heavy atom. The van der Waals surface area contributed by atoms with E-state index in [1.807, 2.05) is 0 Å². The van der Waals surface area contributed by atoms with Crippen LogP contribution in [0.2, 0.25) is 0 Å². The van der Waals surface area contributed by atoms with Gasteiger partial charge in [-0.3, -0.25) is 14.1 Å². The number of allylic oxidation sites excluding steroid dienone is 2. The molecule has 1 N–H and O–H groups in total. The third kappa shape index (κ3) is 8.03. The number of Topliss-reactive ketones (excluding diaryl/α,β-unsaturated/α-hetero) is 2. The quantitative estimate of drug-likeness (QED) is 0.0454. The maximum absolute atomic E-state index is 14.0. The molecule has 0 bridgehead atoms. The lowest BCUT2D eigenvalue weighted by Gasteiger charge is -2.28. The second kappa shape index (κ2) is 16.5. The largest absolute Gasteiger partial charge is 0.446 e. The lowest BCUT2D eigenvalue weighted by Crippen LogP contribution is -2.21. The van der Waals surface area contributed by atoms with Crippen LogP contribution < -0.4 is 12.5 Å². The van der Waals surface area contributed by atoms with Crippen LogP contribution in [-0.2, 0) is 30.6 Å². The zero-order valence-electron chi connectivity index (χ0n) is 34.8. The van der Waals surface area contributed by atoms with Gasteiger partial charge < -0.3 is 23.6 Å². The van der Waals surface area contributed by atoms with Gasteiger partial charge in [-0.1, -0.05) is 54.6 Å². The van der Waals surface area contributed by atoms with Crippen molar-refractivity contribution in [2.75, 3.05) is 0 Å². The van der Waals surface area contributed by atoms with Gasteiger partial charge in [0.25, 0.3) is 11.6 Å². The number of aryl methyl sites for hydroxylation is 2. The number of para-hydroxylation sites is 1. The van der Waals surface area contributed by atoms with Crippen molar-refractivity contribution in [2.24, 2.45) is 0 Å². The lowest BCUT2D eigenvalue weighted by molar-refractivity contribution is -0.00459. The molecule has 326 valence electrons. The average Bonchev–Trinajstić information content (AvgIpc) is 3.24. The van der Waals surface area contributed by atoms with E-state index in [0.29, 0.717) is 44.5 Å². The molecule has 5 aromatic carbocycles. The molecular formula is C45H36N4O12S3. The molecule has 0 radical (unpaired) electrons. The molecule has 16 nitrogen and oxygen atoms in total. The molecule has 0 unspecified atom stereocenters. The molecule has 0 amide bonds. The third-order valence-electron chi connectivity index (χ3n) is 11.2. The van der Waals surface area contributed by atoms with Crippen molar-refractivity contribution in [2.45, 2.75) is 57.3 Å². The van der Waals surface area contributed by atoms with E-state index >= 15 is 0 Å². The maximum Gasteiger partial charge on any atom is 0.446 e. The molecule has 64 heavy (non-hydrogen) atoms. The van der Waals surface area contributed by atoms with Crippen molar-refractivity contribution in [3.63, 3.8) is 0 Å². The number of carbonyl (C=O) groups excluding carboxylic acids is 2. The second-order valence-electron chi connectivity index (χ2n) is 15.0. The standard InChI is InChI=1S/C45H36N4O12S3/c1-23-21-34(25(3)27(5)44(23)60-62(52,53)39-15-9-12-31-29(39)17-19-36(48-46)42(31)50)41(33-11-7-8-14-38(33)59-64(56,57)58)35-22-24(2)45(28(6)26(35)4)61-63(54,55)40-16-10-13-32-30(40)18-20-37(49-47)43(32)51/h7-22,41H,1-6H3,(H,56,57,58). The van der Waals surface area contributed by atoms with Gasteiger partial charge in [-0.05, 0) is 116 Å². The van der Waals surface area contributed by atoms with Gasteiger partial charge in [0.2, 0.25) is 0 Å². The highest BCUT2D eigenvalue weighted by Gasteiger charge is 2.35. The van der Waals surface area contributed by atoms with E-state index in [-0.39, 0.29) is 66.3 Å². The molecule has 19 heteroatoms. The van der Waals surface area contributed by atoms with Crippen molar-refractivity contribution < 1.29 is 61.5 Å². The number of fused-ring (bicyclic) bond motifs is 2. The fourth-order valence-corrected chi connectivity index (χ4v) is 10.8. The highest BCUT2D eigenvalue weighted by molar-refractivity contribution is 7.87. The molecule has 0 fully saturated rings. The van der Waals surface area contributed by atoms with Gasteiger partial charge >= 0.3 is 42.1 Å². The summed E-state index contributed by atoms with van der Waals surface area (Å²) in [6, 6.07) is 17.5. The number of hydrogen-bond donors (Lipinski definition) is 1. The van der Waals surface area contributed by atoms with Crippen LogP contribution in [-0.4, -0.2) is 62.4 Å². The van der Waals surface area contributed by atoms with Crippen molar-refractivity contribution in [1.82, 2.24) is 0 Å². The summed E-state index contributed by atoms with van der Waals surface area (Å²) in [6.07, 6.45) is 5.05. The third-order valence-corrected chi connectivity index (χ3v) is 14.2.